The Hall–Kier alpha value is -0.800. The first-order chi connectivity index (χ1) is 6.69. The van der Waals surface area contributed by atoms with Crippen LogP contribution in [0.15, 0.2) is 22.7 Å². The van der Waals surface area contributed by atoms with E-state index in [1.165, 1.54) is 0 Å². The van der Waals surface area contributed by atoms with Crippen LogP contribution in [0.1, 0.15) is 18.1 Å². The van der Waals surface area contributed by atoms with Crippen LogP contribution in [0.2, 0.25) is 0 Å². The minimum atomic E-state index is 0.348. The molecule has 0 aromatic heterocycles. The molecule has 0 atom stereocenters. The van der Waals surface area contributed by atoms with E-state index >= 15 is 0 Å². The number of halogens is 1. The summed E-state index contributed by atoms with van der Waals surface area (Å²) in [4.78, 5) is 0. The summed E-state index contributed by atoms with van der Waals surface area (Å²) in [6, 6.07) is 3.80. The van der Waals surface area contributed by atoms with Crippen LogP contribution in [0.5, 0.6) is 5.75 Å². The van der Waals surface area contributed by atoms with Gasteiger partial charge in [0.1, 0.15) is 5.75 Å². The van der Waals surface area contributed by atoms with Gasteiger partial charge < -0.3 is 10.8 Å². The Kier molecular flexibility index (Phi) is 4.17. The standard InChI is InChI=1S/C11H14BrNO/c1-2-8-6-10(12)7-9(11(8)14)4-3-5-13/h3-4,6-7,14H,2,5,13H2,1H3/b4-3+. The van der Waals surface area contributed by atoms with Gasteiger partial charge in [0, 0.05) is 16.6 Å². The van der Waals surface area contributed by atoms with E-state index in [-0.39, 0.29) is 0 Å². The number of aromatic hydroxyl groups is 1. The van der Waals surface area contributed by atoms with Gasteiger partial charge in [-0.15, -0.1) is 0 Å². The van der Waals surface area contributed by atoms with E-state index in [9.17, 15) is 5.11 Å². The normalized spacial score (nSPS) is 11.1. The van der Waals surface area contributed by atoms with Gasteiger partial charge >= 0.3 is 0 Å². The summed E-state index contributed by atoms with van der Waals surface area (Å²) >= 11 is 3.40. The Labute approximate surface area is 92.6 Å². The summed E-state index contributed by atoms with van der Waals surface area (Å²) in [6.07, 6.45) is 4.47. The molecule has 76 valence electrons. The summed E-state index contributed by atoms with van der Waals surface area (Å²) in [5.74, 6) is 0.348. The zero-order valence-corrected chi connectivity index (χ0v) is 9.71. The molecule has 0 spiro atoms. The van der Waals surface area contributed by atoms with Gasteiger partial charge in [-0.05, 0) is 24.1 Å². The molecule has 3 heteroatoms. The molecule has 0 aliphatic heterocycles. The molecule has 2 nitrogen and oxygen atoms in total. The van der Waals surface area contributed by atoms with Crippen molar-refractivity contribution in [2.24, 2.45) is 5.73 Å². The maximum Gasteiger partial charge on any atom is 0.126 e. The van der Waals surface area contributed by atoms with Gasteiger partial charge in [0.15, 0.2) is 0 Å². The van der Waals surface area contributed by atoms with E-state index in [0.717, 1.165) is 22.0 Å². The van der Waals surface area contributed by atoms with Gasteiger partial charge in [-0.1, -0.05) is 35.0 Å². The van der Waals surface area contributed by atoms with Crippen molar-refractivity contribution in [1.29, 1.82) is 0 Å². The van der Waals surface area contributed by atoms with Crippen molar-refractivity contribution < 1.29 is 5.11 Å². The van der Waals surface area contributed by atoms with Crippen LogP contribution in [0, 0.1) is 0 Å². The van der Waals surface area contributed by atoms with Gasteiger partial charge in [-0.25, -0.2) is 0 Å². The molecule has 0 fully saturated rings. The first kappa shape index (κ1) is 11.3. The van der Waals surface area contributed by atoms with E-state index in [4.69, 9.17) is 5.73 Å². The molecule has 0 radical (unpaired) electrons. The minimum absolute atomic E-state index is 0.348. The third-order valence-electron chi connectivity index (χ3n) is 2.00. The van der Waals surface area contributed by atoms with Gasteiger partial charge in [0.05, 0.1) is 0 Å². The molecule has 3 N–H and O–H groups in total. The molecule has 0 heterocycles. The topological polar surface area (TPSA) is 46.2 Å². The lowest BCUT2D eigenvalue weighted by molar-refractivity contribution is 0.467. The van der Waals surface area contributed by atoms with Crippen LogP contribution >= 0.6 is 15.9 Å². The number of hydrogen-bond donors (Lipinski definition) is 2. The average molecular weight is 256 g/mol. The molecular weight excluding hydrogens is 242 g/mol. The number of hydrogen-bond acceptors (Lipinski definition) is 2. The second kappa shape index (κ2) is 5.17. The lowest BCUT2D eigenvalue weighted by atomic mass is 10.1. The van der Waals surface area contributed by atoms with Crippen LogP contribution in [-0.4, -0.2) is 11.7 Å². The van der Waals surface area contributed by atoms with Gasteiger partial charge in [0.25, 0.3) is 0 Å². The number of nitrogens with two attached hydrogens (primary N) is 1. The van der Waals surface area contributed by atoms with Crippen molar-refractivity contribution in [3.63, 3.8) is 0 Å². The summed E-state index contributed by atoms with van der Waals surface area (Å²) in [5.41, 5.74) is 7.10. The Bertz CT molecular complexity index is 347. The van der Waals surface area contributed by atoms with Crippen molar-refractivity contribution >= 4 is 22.0 Å². The van der Waals surface area contributed by atoms with Crippen LogP contribution < -0.4 is 5.73 Å². The molecule has 14 heavy (non-hydrogen) atoms. The molecular formula is C11H14BrNO. The van der Waals surface area contributed by atoms with Crippen LogP contribution in [0.25, 0.3) is 6.08 Å². The van der Waals surface area contributed by atoms with Gasteiger partial charge in [0.2, 0.25) is 0 Å². The van der Waals surface area contributed by atoms with Crippen molar-refractivity contribution in [3.8, 4) is 5.75 Å². The Balaban J connectivity index is 3.15. The zero-order valence-electron chi connectivity index (χ0n) is 8.13. The second-order valence-corrected chi connectivity index (χ2v) is 3.91. The first-order valence-electron chi connectivity index (χ1n) is 4.57. The van der Waals surface area contributed by atoms with Crippen LogP contribution in [0.4, 0.5) is 0 Å². The smallest absolute Gasteiger partial charge is 0.126 e. The molecule has 0 aliphatic rings. The monoisotopic (exact) mass is 255 g/mol. The number of phenolic OH excluding ortho intramolecular Hbond substituents is 1. The average Bonchev–Trinajstić information content (AvgIpc) is 2.18. The lowest BCUT2D eigenvalue weighted by Gasteiger charge is -2.06. The van der Waals surface area contributed by atoms with Crippen LogP contribution in [-0.2, 0) is 6.42 Å². The Morgan fingerprint density at radius 3 is 2.79 bits per heavy atom. The quantitative estimate of drug-likeness (QED) is 0.873. The molecule has 0 aliphatic carbocycles. The van der Waals surface area contributed by atoms with E-state index < -0.39 is 0 Å². The fraction of sp³-hybridized carbons (Fsp3) is 0.273. The summed E-state index contributed by atoms with van der Waals surface area (Å²) in [7, 11) is 0. The highest BCUT2D eigenvalue weighted by molar-refractivity contribution is 9.10. The summed E-state index contributed by atoms with van der Waals surface area (Å²) in [6.45, 7) is 2.49. The molecule has 1 aromatic carbocycles. The molecule has 0 amide bonds. The van der Waals surface area contributed by atoms with Crippen molar-refractivity contribution in [2.75, 3.05) is 6.54 Å². The number of rotatable bonds is 3. The summed E-state index contributed by atoms with van der Waals surface area (Å²) < 4.78 is 0.976. The highest BCUT2D eigenvalue weighted by Crippen LogP contribution is 2.28. The van der Waals surface area contributed by atoms with E-state index in [2.05, 4.69) is 15.9 Å². The minimum Gasteiger partial charge on any atom is -0.507 e. The largest absolute Gasteiger partial charge is 0.507 e. The maximum atomic E-state index is 9.83. The third kappa shape index (κ3) is 2.59. The highest BCUT2D eigenvalue weighted by atomic mass is 79.9. The highest BCUT2D eigenvalue weighted by Gasteiger charge is 2.04. The SMILES string of the molecule is CCc1cc(Br)cc(/C=C/CN)c1O. The second-order valence-electron chi connectivity index (χ2n) is 2.99. The van der Waals surface area contributed by atoms with Crippen molar-refractivity contribution in [3.05, 3.63) is 33.8 Å². The number of phenols is 1. The lowest BCUT2D eigenvalue weighted by Crippen LogP contribution is -1.92. The third-order valence-corrected chi connectivity index (χ3v) is 2.46. The molecule has 0 saturated carbocycles. The van der Waals surface area contributed by atoms with E-state index in [0.29, 0.717) is 12.3 Å². The Morgan fingerprint density at radius 1 is 1.50 bits per heavy atom. The molecule has 0 unspecified atom stereocenters. The molecule has 0 saturated heterocycles. The molecule has 1 aromatic rings. The predicted octanol–water partition coefficient (Wildman–Crippen LogP) is 2.69. The van der Waals surface area contributed by atoms with E-state index in [1.807, 2.05) is 31.2 Å². The first-order valence-corrected chi connectivity index (χ1v) is 5.36. The molecule has 0 bridgehead atoms. The maximum absolute atomic E-state index is 9.83. The van der Waals surface area contributed by atoms with Gasteiger partial charge in [-0.3, -0.25) is 0 Å². The van der Waals surface area contributed by atoms with E-state index in [1.54, 1.807) is 0 Å². The molecule has 1 rings (SSSR count). The zero-order chi connectivity index (χ0) is 10.6. The fourth-order valence-electron chi connectivity index (χ4n) is 1.27. The fourth-order valence-corrected chi connectivity index (χ4v) is 1.79. The summed E-state index contributed by atoms with van der Waals surface area (Å²) in [5, 5.41) is 9.83. The van der Waals surface area contributed by atoms with Crippen molar-refractivity contribution in [2.45, 2.75) is 13.3 Å². The van der Waals surface area contributed by atoms with Crippen molar-refractivity contribution in [1.82, 2.24) is 0 Å². The Morgan fingerprint density at radius 2 is 2.21 bits per heavy atom. The van der Waals surface area contributed by atoms with Gasteiger partial charge in [-0.2, -0.15) is 0 Å². The predicted molar refractivity (Wildman–Crippen MR) is 63.3 cm³/mol. The number of aryl methyl sites for hydroxylation is 1. The number of benzene rings is 1. The van der Waals surface area contributed by atoms with Crippen LogP contribution in [0.3, 0.4) is 0 Å².